The molecule has 1 unspecified atom stereocenters. The van der Waals surface area contributed by atoms with Gasteiger partial charge in [-0.1, -0.05) is 6.07 Å². The second-order valence-corrected chi connectivity index (χ2v) is 4.77. The summed E-state index contributed by atoms with van der Waals surface area (Å²) in [7, 11) is 1.32. The molecule has 20 heavy (non-hydrogen) atoms. The van der Waals surface area contributed by atoms with E-state index in [4.69, 9.17) is 4.74 Å². The predicted molar refractivity (Wildman–Crippen MR) is 68.1 cm³/mol. The van der Waals surface area contributed by atoms with E-state index in [1.54, 1.807) is 6.92 Å². The zero-order valence-electron chi connectivity index (χ0n) is 11.4. The van der Waals surface area contributed by atoms with Crippen molar-refractivity contribution in [3.8, 4) is 0 Å². The molecule has 0 saturated carbocycles. The summed E-state index contributed by atoms with van der Waals surface area (Å²) in [4.78, 5) is 11.4. The second kappa shape index (κ2) is 6.28. The zero-order valence-corrected chi connectivity index (χ0v) is 11.4. The lowest BCUT2D eigenvalue weighted by atomic mass is 10.0. The number of rotatable bonds is 4. The normalized spacial score (nSPS) is 23.6. The van der Waals surface area contributed by atoms with Crippen molar-refractivity contribution in [3.05, 3.63) is 35.4 Å². The number of hydrogen-bond donors (Lipinski definition) is 1. The van der Waals surface area contributed by atoms with Gasteiger partial charge in [0.1, 0.15) is 6.04 Å². The molecule has 0 aromatic heterocycles. The minimum absolute atomic E-state index is 0.144. The van der Waals surface area contributed by atoms with Gasteiger partial charge in [0.15, 0.2) is 11.6 Å². The lowest BCUT2D eigenvalue weighted by Crippen LogP contribution is -2.43. The number of nitrogens with one attached hydrogen (secondary N) is 1. The van der Waals surface area contributed by atoms with Gasteiger partial charge in [0, 0.05) is 12.6 Å². The van der Waals surface area contributed by atoms with Crippen LogP contribution in [0.2, 0.25) is 0 Å². The van der Waals surface area contributed by atoms with Crippen LogP contribution in [0, 0.1) is 11.6 Å². The fraction of sp³-hybridized carbons (Fsp3) is 0.500. The Balaban J connectivity index is 2.10. The van der Waals surface area contributed by atoms with E-state index in [-0.39, 0.29) is 12.0 Å². The first-order valence-corrected chi connectivity index (χ1v) is 6.43. The smallest absolute Gasteiger partial charge is 0.322 e. The van der Waals surface area contributed by atoms with Crippen molar-refractivity contribution in [1.82, 2.24) is 5.32 Å². The number of carbonyl (C=O) groups excluding carboxylic acids is 1. The molecule has 1 fully saturated rings. The van der Waals surface area contributed by atoms with E-state index in [2.05, 4.69) is 10.1 Å². The van der Waals surface area contributed by atoms with Crippen LogP contribution < -0.4 is 5.32 Å². The van der Waals surface area contributed by atoms with E-state index in [0.29, 0.717) is 18.6 Å². The van der Waals surface area contributed by atoms with Crippen LogP contribution >= 0.6 is 0 Å². The number of esters is 1. The largest absolute Gasteiger partial charge is 0.468 e. The van der Waals surface area contributed by atoms with Crippen molar-refractivity contribution in [2.45, 2.75) is 31.5 Å². The van der Waals surface area contributed by atoms with Crippen LogP contribution in [-0.4, -0.2) is 31.8 Å². The number of ether oxygens (including phenoxy) is 2. The molecule has 1 N–H and O–H groups in total. The molecule has 3 atom stereocenters. The Hall–Kier alpha value is -1.53. The zero-order chi connectivity index (χ0) is 14.7. The topological polar surface area (TPSA) is 47.6 Å². The monoisotopic (exact) mass is 285 g/mol. The number of methoxy groups -OCH3 is 1. The average molecular weight is 285 g/mol. The average Bonchev–Trinajstić information content (AvgIpc) is 2.89. The number of halogens is 2. The van der Waals surface area contributed by atoms with Gasteiger partial charge in [0.05, 0.1) is 13.2 Å². The predicted octanol–water partition coefficient (Wildman–Crippen LogP) is 1.95. The van der Waals surface area contributed by atoms with Gasteiger partial charge in [-0.15, -0.1) is 0 Å². The molecule has 2 rings (SSSR count). The first-order chi connectivity index (χ1) is 9.52. The van der Waals surface area contributed by atoms with Crippen LogP contribution in [0.15, 0.2) is 18.2 Å². The summed E-state index contributed by atoms with van der Waals surface area (Å²) in [5, 5.41) is 3.10. The fourth-order valence-corrected chi connectivity index (χ4v) is 2.34. The van der Waals surface area contributed by atoms with Crippen molar-refractivity contribution in [3.63, 3.8) is 0 Å². The Morgan fingerprint density at radius 3 is 2.85 bits per heavy atom. The molecule has 0 radical (unpaired) electrons. The van der Waals surface area contributed by atoms with Crippen molar-refractivity contribution in [1.29, 1.82) is 0 Å². The Kier molecular flexibility index (Phi) is 4.67. The molecule has 1 heterocycles. The van der Waals surface area contributed by atoms with Gasteiger partial charge in [0.25, 0.3) is 0 Å². The Morgan fingerprint density at radius 1 is 1.45 bits per heavy atom. The summed E-state index contributed by atoms with van der Waals surface area (Å²) in [5.74, 6) is -2.17. The van der Waals surface area contributed by atoms with E-state index >= 15 is 0 Å². The molecule has 1 aromatic rings. The first-order valence-electron chi connectivity index (χ1n) is 6.43. The third-order valence-corrected chi connectivity index (χ3v) is 3.38. The molecule has 0 spiro atoms. The molecule has 0 amide bonds. The molecule has 1 aliphatic rings. The van der Waals surface area contributed by atoms with Gasteiger partial charge < -0.3 is 9.47 Å². The minimum Gasteiger partial charge on any atom is -0.468 e. The van der Waals surface area contributed by atoms with Crippen molar-refractivity contribution < 1.29 is 23.0 Å². The molecule has 0 bridgehead atoms. The van der Waals surface area contributed by atoms with Crippen LogP contribution in [0.25, 0.3) is 0 Å². The van der Waals surface area contributed by atoms with Gasteiger partial charge in [0.2, 0.25) is 0 Å². The molecule has 0 aliphatic carbocycles. The van der Waals surface area contributed by atoms with Crippen molar-refractivity contribution in [2.24, 2.45) is 0 Å². The fourth-order valence-electron chi connectivity index (χ4n) is 2.34. The van der Waals surface area contributed by atoms with Gasteiger partial charge in [-0.25, -0.2) is 8.78 Å². The van der Waals surface area contributed by atoms with Crippen molar-refractivity contribution >= 4 is 5.97 Å². The van der Waals surface area contributed by atoms with Crippen LogP contribution in [0.5, 0.6) is 0 Å². The molecular formula is C14H17F2NO3. The van der Waals surface area contributed by atoms with E-state index in [9.17, 15) is 13.6 Å². The number of carbonyl (C=O) groups is 1. The standard InChI is InChI=1S/C14H17F2NO3/c1-8(14(18)19-2)17-12-5-6-20-13(12)9-3-4-10(15)11(16)7-9/h3-4,7-8,12-13,17H,5-6H2,1-2H3/t8?,12-,13+/m1/s1. The Morgan fingerprint density at radius 2 is 2.20 bits per heavy atom. The van der Waals surface area contributed by atoms with Gasteiger partial charge in [-0.3, -0.25) is 10.1 Å². The SMILES string of the molecule is COC(=O)C(C)N[C@@H]1CCO[C@H]1c1ccc(F)c(F)c1. The molecule has 6 heteroatoms. The van der Waals surface area contributed by atoms with E-state index in [1.807, 2.05) is 0 Å². The third kappa shape index (κ3) is 3.13. The molecular weight excluding hydrogens is 268 g/mol. The van der Waals surface area contributed by atoms with Crippen LogP contribution in [0.3, 0.4) is 0 Å². The van der Waals surface area contributed by atoms with E-state index < -0.39 is 23.8 Å². The molecule has 4 nitrogen and oxygen atoms in total. The maximum absolute atomic E-state index is 13.3. The summed E-state index contributed by atoms with van der Waals surface area (Å²) < 4.78 is 36.4. The van der Waals surface area contributed by atoms with Crippen molar-refractivity contribution in [2.75, 3.05) is 13.7 Å². The summed E-state index contributed by atoms with van der Waals surface area (Å²) in [6, 6.07) is 3.07. The molecule has 1 aliphatic heterocycles. The maximum atomic E-state index is 13.3. The molecule has 110 valence electrons. The minimum atomic E-state index is -0.905. The lowest BCUT2D eigenvalue weighted by molar-refractivity contribution is -0.142. The first kappa shape index (κ1) is 14.9. The van der Waals surface area contributed by atoms with Gasteiger partial charge in [-0.2, -0.15) is 0 Å². The van der Waals surface area contributed by atoms with Gasteiger partial charge >= 0.3 is 5.97 Å². The van der Waals surface area contributed by atoms with Crippen LogP contribution in [0.4, 0.5) is 8.78 Å². The quantitative estimate of drug-likeness (QED) is 0.859. The number of hydrogen-bond acceptors (Lipinski definition) is 4. The van der Waals surface area contributed by atoms with Crippen LogP contribution in [-0.2, 0) is 14.3 Å². The Bertz CT molecular complexity index is 495. The Labute approximate surface area is 116 Å². The summed E-state index contributed by atoms with van der Waals surface area (Å²) in [5.41, 5.74) is 0.552. The van der Waals surface area contributed by atoms with E-state index in [1.165, 1.54) is 13.2 Å². The highest BCUT2D eigenvalue weighted by atomic mass is 19.2. The summed E-state index contributed by atoms with van der Waals surface area (Å²) >= 11 is 0. The lowest BCUT2D eigenvalue weighted by Gasteiger charge is -2.23. The second-order valence-electron chi connectivity index (χ2n) is 4.77. The summed E-state index contributed by atoms with van der Waals surface area (Å²) in [6.45, 7) is 2.18. The highest BCUT2D eigenvalue weighted by Crippen LogP contribution is 2.30. The maximum Gasteiger partial charge on any atom is 0.322 e. The van der Waals surface area contributed by atoms with E-state index in [0.717, 1.165) is 12.1 Å². The summed E-state index contributed by atoms with van der Waals surface area (Å²) in [6.07, 6.45) is 0.280. The van der Waals surface area contributed by atoms with Crippen LogP contribution in [0.1, 0.15) is 25.0 Å². The molecule has 1 saturated heterocycles. The number of benzene rings is 1. The third-order valence-electron chi connectivity index (χ3n) is 3.38. The molecule has 1 aromatic carbocycles. The van der Waals surface area contributed by atoms with Gasteiger partial charge in [-0.05, 0) is 31.0 Å². The highest BCUT2D eigenvalue weighted by Gasteiger charge is 2.32. The highest BCUT2D eigenvalue weighted by molar-refractivity contribution is 5.75.